The second-order valence-corrected chi connectivity index (χ2v) is 7.15. The highest BCUT2D eigenvalue weighted by molar-refractivity contribution is 7.84. The van der Waals surface area contributed by atoms with Crippen LogP contribution in [0.4, 0.5) is 0 Å². The molecule has 3 rings (SSSR count). The van der Waals surface area contributed by atoms with Crippen LogP contribution in [0.5, 0.6) is 11.5 Å². The third kappa shape index (κ3) is 6.08. The predicted molar refractivity (Wildman–Crippen MR) is 104 cm³/mol. The number of rotatable bonds is 3. The highest BCUT2D eigenvalue weighted by Crippen LogP contribution is 2.23. The van der Waals surface area contributed by atoms with E-state index in [1.54, 1.807) is 12.1 Å². The van der Waals surface area contributed by atoms with Crippen molar-refractivity contribution >= 4 is 32.7 Å². The minimum absolute atomic E-state index is 0.0718. The average molecular weight is 401 g/mol. The van der Waals surface area contributed by atoms with Gasteiger partial charge in [0, 0.05) is 11.8 Å². The van der Waals surface area contributed by atoms with Crippen LogP contribution in [0.25, 0.3) is 10.8 Å². The summed E-state index contributed by atoms with van der Waals surface area (Å²) < 4.78 is 32.6. The van der Waals surface area contributed by atoms with E-state index in [2.05, 4.69) is 0 Å². The molecular formula is C19H17N2O6S-. The van der Waals surface area contributed by atoms with Crippen molar-refractivity contribution < 1.29 is 27.6 Å². The summed E-state index contributed by atoms with van der Waals surface area (Å²) in [5, 5.41) is 19.0. The van der Waals surface area contributed by atoms with E-state index in [4.69, 9.17) is 28.9 Å². The number of nitrogens with one attached hydrogen (secondary N) is 1. The molecule has 28 heavy (non-hydrogen) atoms. The van der Waals surface area contributed by atoms with Gasteiger partial charge in [-0.25, -0.2) is 13.2 Å². The van der Waals surface area contributed by atoms with Crippen LogP contribution in [0.15, 0.2) is 60.7 Å². The highest BCUT2D eigenvalue weighted by atomic mass is 32.2. The van der Waals surface area contributed by atoms with Crippen LogP contribution in [-0.2, 0) is 10.1 Å². The summed E-state index contributed by atoms with van der Waals surface area (Å²) in [6.45, 7) is 0. The van der Waals surface area contributed by atoms with Crippen LogP contribution in [0.1, 0.15) is 15.9 Å². The molecule has 146 valence electrons. The Bertz CT molecular complexity index is 1130. The van der Waals surface area contributed by atoms with Crippen molar-refractivity contribution in [2.75, 3.05) is 6.26 Å². The minimum atomic E-state index is -3.92. The molecule has 0 spiro atoms. The van der Waals surface area contributed by atoms with Crippen molar-refractivity contribution in [2.45, 2.75) is 0 Å². The number of phenols is 1. The van der Waals surface area contributed by atoms with Gasteiger partial charge in [-0.15, -0.1) is 0 Å². The van der Waals surface area contributed by atoms with Gasteiger partial charge in [0.1, 0.15) is 17.3 Å². The Hall–Kier alpha value is -3.43. The first kappa shape index (κ1) is 20.9. The highest BCUT2D eigenvalue weighted by Gasteiger charge is 2.16. The van der Waals surface area contributed by atoms with Crippen molar-refractivity contribution in [1.82, 2.24) is 0 Å². The first-order valence-electron chi connectivity index (χ1n) is 7.84. The number of aromatic hydroxyl groups is 1. The van der Waals surface area contributed by atoms with Crippen LogP contribution in [-0.4, -0.2) is 36.1 Å². The minimum Gasteiger partial charge on any atom is -0.748 e. The van der Waals surface area contributed by atoms with Gasteiger partial charge >= 0.3 is 5.97 Å². The maximum atomic E-state index is 12.3. The molecule has 0 atom stereocenters. The zero-order valence-corrected chi connectivity index (χ0v) is 15.6. The normalized spacial score (nSPS) is 10.6. The quantitative estimate of drug-likeness (QED) is 0.200. The monoisotopic (exact) mass is 401 g/mol. The average Bonchev–Trinajstić information content (AvgIpc) is 2.60. The summed E-state index contributed by atoms with van der Waals surface area (Å²) >= 11 is 0. The summed E-state index contributed by atoms with van der Waals surface area (Å²) in [6.07, 6.45) is 0.604. The first-order chi connectivity index (χ1) is 13.0. The van der Waals surface area contributed by atoms with Crippen molar-refractivity contribution in [1.29, 1.82) is 5.41 Å². The molecule has 9 heteroatoms. The third-order valence-corrected chi connectivity index (χ3v) is 3.44. The van der Waals surface area contributed by atoms with Gasteiger partial charge in [-0.05, 0) is 41.1 Å². The van der Waals surface area contributed by atoms with E-state index in [-0.39, 0.29) is 22.7 Å². The molecule has 0 heterocycles. The number of phenolic OH excluding ortho intramolecular Hbond substituents is 1. The van der Waals surface area contributed by atoms with Crippen molar-refractivity contribution in [3.05, 3.63) is 71.8 Å². The molecule has 0 aromatic heterocycles. The number of esters is 1. The van der Waals surface area contributed by atoms with E-state index in [0.717, 1.165) is 10.8 Å². The summed E-state index contributed by atoms with van der Waals surface area (Å²) in [6, 6.07) is 17.1. The lowest BCUT2D eigenvalue weighted by atomic mass is 10.1. The van der Waals surface area contributed by atoms with Gasteiger partial charge in [-0.1, -0.05) is 30.3 Å². The van der Waals surface area contributed by atoms with Gasteiger partial charge in [-0.3, -0.25) is 5.41 Å². The van der Waals surface area contributed by atoms with E-state index in [1.165, 1.54) is 18.2 Å². The fourth-order valence-electron chi connectivity index (χ4n) is 2.33. The Morgan fingerprint density at radius 1 is 1.04 bits per heavy atom. The van der Waals surface area contributed by atoms with E-state index >= 15 is 0 Å². The largest absolute Gasteiger partial charge is 0.748 e. The maximum absolute atomic E-state index is 12.3. The molecule has 0 aliphatic rings. The van der Waals surface area contributed by atoms with E-state index in [0.29, 0.717) is 12.0 Å². The third-order valence-electron chi connectivity index (χ3n) is 3.44. The van der Waals surface area contributed by atoms with Crippen LogP contribution in [0.3, 0.4) is 0 Å². The van der Waals surface area contributed by atoms with Crippen molar-refractivity contribution in [3.8, 4) is 11.5 Å². The standard InChI is InChI=1S/C18H14N2O3.CH4O3S/c19-17(20)16-10-13(21)6-8-15(16)18(22)23-14-7-5-11-3-1-2-4-12(11)9-14;1-5(2,3)4/h1-10,21H,(H3,19,20);1H3,(H,2,3,4)/p-1. The Kier molecular flexibility index (Phi) is 6.34. The SMILES string of the molecule is CS(=O)(=O)[O-].N=C(N)c1cc(O)ccc1C(=O)Oc1ccc2ccccc2c1. The molecule has 4 N–H and O–H groups in total. The lowest BCUT2D eigenvalue weighted by Gasteiger charge is -2.09. The van der Waals surface area contributed by atoms with Gasteiger partial charge in [-0.2, -0.15) is 0 Å². The molecule has 0 amide bonds. The number of ether oxygens (including phenoxy) is 1. The lowest BCUT2D eigenvalue weighted by Crippen LogP contribution is -2.19. The van der Waals surface area contributed by atoms with E-state index in [9.17, 15) is 9.90 Å². The molecule has 8 nitrogen and oxygen atoms in total. The van der Waals surface area contributed by atoms with Crippen LogP contribution in [0.2, 0.25) is 0 Å². The topological polar surface area (TPSA) is 154 Å². The van der Waals surface area contributed by atoms with E-state index < -0.39 is 16.1 Å². The zero-order valence-electron chi connectivity index (χ0n) is 14.7. The van der Waals surface area contributed by atoms with Crippen LogP contribution >= 0.6 is 0 Å². The number of carbonyl (C=O) groups excluding carboxylic acids is 1. The van der Waals surface area contributed by atoms with E-state index in [1.807, 2.05) is 30.3 Å². The second-order valence-electron chi connectivity index (χ2n) is 5.75. The van der Waals surface area contributed by atoms with Crippen molar-refractivity contribution in [3.63, 3.8) is 0 Å². The lowest BCUT2D eigenvalue weighted by molar-refractivity contribution is 0.0734. The molecule has 3 aromatic carbocycles. The summed E-state index contributed by atoms with van der Waals surface area (Å²) in [5.41, 5.74) is 5.72. The molecule has 0 unspecified atom stereocenters. The zero-order chi connectivity index (χ0) is 20.9. The Balaban J connectivity index is 0.000000500. The second kappa shape index (κ2) is 8.51. The number of hydrogen-bond donors (Lipinski definition) is 3. The predicted octanol–water partition coefficient (Wildman–Crippen LogP) is 2.21. The Morgan fingerprint density at radius 3 is 2.25 bits per heavy atom. The van der Waals surface area contributed by atoms with Crippen molar-refractivity contribution in [2.24, 2.45) is 5.73 Å². The maximum Gasteiger partial charge on any atom is 0.344 e. The molecule has 0 fully saturated rings. The number of carbonyl (C=O) groups is 1. The van der Waals surface area contributed by atoms with Gasteiger partial charge < -0.3 is 20.1 Å². The fraction of sp³-hybridized carbons (Fsp3) is 0.0526. The van der Waals surface area contributed by atoms with Crippen LogP contribution < -0.4 is 10.5 Å². The molecule has 0 saturated heterocycles. The number of amidine groups is 1. The number of nitrogens with two attached hydrogens (primary N) is 1. The summed E-state index contributed by atoms with van der Waals surface area (Å²) in [5.74, 6) is -0.620. The molecule has 0 saturated carbocycles. The number of hydrogen-bond acceptors (Lipinski definition) is 7. The van der Waals surface area contributed by atoms with Gasteiger partial charge in [0.25, 0.3) is 0 Å². The van der Waals surface area contributed by atoms with Gasteiger partial charge in [0.2, 0.25) is 0 Å². The molecule has 0 radical (unpaired) electrons. The molecule has 3 aromatic rings. The summed E-state index contributed by atoms with van der Waals surface area (Å²) in [4.78, 5) is 12.3. The molecule has 0 aliphatic heterocycles. The smallest absolute Gasteiger partial charge is 0.344 e. The Labute approximate surface area is 161 Å². The number of fused-ring (bicyclic) bond motifs is 1. The molecule has 0 aliphatic carbocycles. The first-order valence-corrected chi connectivity index (χ1v) is 9.65. The molecular weight excluding hydrogens is 384 g/mol. The number of nitrogen functional groups attached to an aromatic ring is 1. The Morgan fingerprint density at radius 2 is 1.64 bits per heavy atom. The van der Waals surface area contributed by atoms with Gasteiger partial charge in [0.05, 0.1) is 15.7 Å². The fourth-order valence-corrected chi connectivity index (χ4v) is 2.33. The summed E-state index contributed by atoms with van der Waals surface area (Å²) in [7, 11) is -3.92. The van der Waals surface area contributed by atoms with Gasteiger partial charge in [0.15, 0.2) is 0 Å². The number of benzene rings is 3. The van der Waals surface area contributed by atoms with Crippen LogP contribution in [0, 0.1) is 5.41 Å². The molecule has 0 bridgehead atoms.